The van der Waals surface area contributed by atoms with Crippen molar-refractivity contribution in [3.05, 3.63) is 18.0 Å². The molecule has 4 heteroatoms. The van der Waals surface area contributed by atoms with Crippen LogP contribution >= 0.6 is 0 Å². The predicted octanol–water partition coefficient (Wildman–Crippen LogP) is 1.80. The van der Waals surface area contributed by atoms with Crippen LogP contribution in [-0.4, -0.2) is 22.6 Å². The molecule has 15 heavy (non-hydrogen) atoms. The highest BCUT2D eigenvalue weighted by molar-refractivity contribution is 5.24. The van der Waals surface area contributed by atoms with Crippen LogP contribution in [0.5, 0.6) is 0 Å². The molecule has 0 spiro atoms. The third-order valence-corrected chi connectivity index (χ3v) is 2.31. The zero-order valence-electron chi connectivity index (χ0n) is 9.75. The van der Waals surface area contributed by atoms with Gasteiger partial charge in [0.25, 0.3) is 0 Å². The molecule has 0 amide bonds. The summed E-state index contributed by atoms with van der Waals surface area (Å²) in [5.74, 6) is 0.699. The number of aromatic nitrogens is 2. The third kappa shape index (κ3) is 4.25. The van der Waals surface area contributed by atoms with Crippen LogP contribution in [0.1, 0.15) is 32.8 Å². The molecular weight excluding hydrogens is 188 g/mol. The van der Waals surface area contributed by atoms with Crippen LogP contribution in [-0.2, 0) is 6.54 Å². The maximum atomic E-state index is 4.21. The minimum atomic E-state index is 0.540. The topological polar surface area (TPSA) is 49.8 Å². The van der Waals surface area contributed by atoms with Gasteiger partial charge >= 0.3 is 0 Å². The molecule has 0 bridgehead atoms. The number of nitrogens with zero attached hydrogens (tertiary/aromatic N) is 2. The van der Waals surface area contributed by atoms with Crippen LogP contribution in [0.2, 0.25) is 0 Å². The molecule has 1 rings (SSSR count). The summed E-state index contributed by atoms with van der Waals surface area (Å²) in [4.78, 5) is 8.42. The summed E-state index contributed by atoms with van der Waals surface area (Å²) in [6.45, 7) is 8.06. The van der Waals surface area contributed by atoms with Crippen molar-refractivity contribution < 1.29 is 0 Å². The normalized spacial score (nSPS) is 12.5. The highest BCUT2D eigenvalue weighted by Crippen LogP contribution is 2.00. The summed E-state index contributed by atoms with van der Waals surface area (Å²) in [5, 5.41) is 6.47. The molecule has 0 fully saturated rings. The summed E-state index contributed by atoms with van der Waals surface area (Å²) in [5.41, 5.74) is 1.12. The maximum absolute atomic E-state index is 4.21. The van der Waals surface area contributed by atoms with Crippen LogP contribution in [0.3, 0.4) is 0 Å². The fourth-order valence-electron chi connectivity index (χ4n) is 1.13. The first kappa shape index (κ1) is 11.9. The van der Waals surface area contributed by atoms with Gasteiger partial charge in [0.15, 0.2) is 0 Å². The molecule has 1 aromatic heterocycles. The Morgan fingerprint density at radius 3 is 2.47 bits per heavy atom. The zero-order chi connectivity index (χ0) is 11.1. The van der Waals surface area contributed by atoms with Crippen molar-refractivity contribution in [2.45, 2.75) is 39.8 Å². The van der Waals surface area contributed by atoms with Gasteiger partial charge in [0.05, 0.1) is 0 Å². The van der Waals surface area contributed by atoms with Crippen molar-refractivity contribution in [2.75, 3.05) is 11.9 Å². The molecule has 0 saturated carbocycles. The number of anilines is 1. The van der Waals surface area contributed by atoms with E-state index in [1.807, 2.05) is 19.3 Å². The Bertz CT molecular complexity index is 270. The number of hydrogen-bond donors (Lipinski definition) is 2. The Labute approximate surface area is 91.5 Å². The molecule has 1 unspecified atom stereocenters. The molecule has 1 aromatic rings. The van der Waals surface area contributed by atoms with E-state index in [0.29, 0.717) is 12.0 Å². The van der Waals surface area contributed by atoms with Gasteiger partial charge in [-0.25, -0.2) is 9.97 Å². The van der Waals surface area contributed by atoms with Gasteiger partial charge in [-0.3, -0.25) is 0 Å². The molecule has 1 heterocycles. The molecule has 0 aliphatic heterocycles. The van der Waals surface area contributed by atoms with E-state index in [0.717, 1.165) is 25.1 Å². The zero-order valence-corrected chi connectivity index (χ0v) is 9.75. The van der Waals surface area contributed by atoms with Gasteiger partial charge in [-0.1, -0.05) is 6.92 Å². The van der Waals surface area contributed by atoms with E-state index in [2.05, 4.69) is 34.4 Å². The van der Waals surface area contributed by atoms with E-state index >= 15 is 0 Å². The Hall–Kier alpha value is -1.16. The second-order valence-corrected chi connectivity index (χ2v) is 3.64. The van der Waals surface area contributed by atoms with Crippen LogP contribution in [0.15, 0.2) is 12.4 Å². The van der Waals surface area contributed by atoms with Crippen LogP contribution < -0.4 is 10.6 Å². The first-order valence-electron chi connectivity index (χ1n) is 5.54. The SMILES string of the molecule is CCNc1ncc(CNC(C)CC)cn1. The van der Waals surface area contributed by atoms with E-state index in [1.54, 1.807) is 0 Å². The van der Waals surface area contributed by atoms with E-state index in [-0.39, 0.29) is 0 Å². The molecule has 0 radical (unpaired) electrons. The highest BCUT2D eigenvalue weighted by Gasteiger charge is 1.99. The van der Waals surface area contributed by atoms with Crippen LogP contribution in [0, 0.1) is 0 Å². The minimum Gasteiger partial charge on any atom is -0.355 e. The van der Waals surface area contributed by atoms with Crippen molar-refractivity contribution in [1.82, 2.24) is 15.3 Å². The predicted molar refractivity (Wildman–Crippen MR) is 62.8 cm³/mol. The molecule has 4 nitrogen and oxygen atoms in total. The second-order valence-electron chi connectivity index (χ2n) is 3.64. The molecule has 2 N–H and O–H groups in total. The first-order valence-corrected chi connectivity index (χ1v) is 5.54. The summed E-state index contributed by atoms with van der Waals surface area (Å²) in [6.07, 6.45) is 4.86. The lowest BCUT2D eigenvalue weighted by Crippen LogP contribution is -2.24. The van der Waals surface area contributed by atoms with Gasteiger partial charge < -0.3 is 10.6 Å². The average Bonchev–Trinajstić information content (AvgIpc) is 2.28. The lowest BCUT2D eigenvalue weighted by Gasteiger charge is -2.10. The largest absolute Gasteiger partial charge is 0.355 e. The molecule has 1 atom stereocenters. The van der Waals surface area contributed by atoms with E-state index < -0.39 is 0 Å². The molecule has 0 aliphatic rings. The summed E-state index contributed by atoms with van der Waals surface area (Å²) in [6, 6.07) is 0.540. The molecule has 0 aliphatic carbocycles. The van der Waals surface area contributed by atoms with Gasteiger partial charge in [-0.2, -0.15) is 0 Å². The van der Waals surface area contributed by atoms with E-state index in [4.69, 9.17) is 0 Å². The quantitative estimate of drug-likeness (QED) is 0.748. The molecular formula is C11H20N4. The van der Waals surface area contributed by atoms with Crippen LogP contribution in [0.4, 0.5) is 5.95 Å². The Balaban J connectivity index is 2.42. The Morgan fingerprint density at radius 2 is 1.93 bits per heavy atom. The Morgan fingerprint density at radius 1 is 1.27 bits per heavy atom. The van der Waals surface area contributed by atoms with Crippen molar-refractivity contribution in [3.8, 4) is 0 Å². The lowest BCUT2D eigenvalue weighted by atomic mass is 10.2. The van der Waals surface area contributed by atoms with Crippen molar-refractivity contribution in [3.63, 3.8) is 0 Å². The number of hydrogen-bond acceptors (Lipinski definition) is 4. The number of nitrogens with one attached hydrogen (secondary N) is 2. The fourth-order valence-corrected chi connectivity index (χ4v) is 1.13. The number of rotatable bonds is 6. The standard InChI is InChI=1S/C11H20N4/c1-4-9(3)13-6-10-7-14-11(12-5-2)15-8-10/h7-9,13H,4-6H2,1-3H3,(H,12,14,15). The highest BCUT2D eigenvalue weighted by atomic mass is 15.1. The van der Waals surface area contributed by atoms with Gasteiger partial charge in [0, 0.05) is 37.1 Å². The first-order chi connectivity index (χ1) is 7.26. The van der Waals surface area contributed by atoms with Crippen LogP contribution in [0.25, 0.3) is 0 Å². The van der Waals surface area contributed by atoms with Crippen molar-refractivity contribution in [1.29, 1.82) is 0 Å². The maximum Gasteiger partial charge on any atom is 0.222 e. The molecule has 84 valence electrons. The Kier molecular flexibility index (Phi) is 5.04. The minimum absolute atomic E-state index is 0.540. The van der Waals surface area contributed by atoms with E-state index in [9.17, 15) is 0 Å². The second kappa shape index (κ2) is 6.35. The van der Waals surface area contributed by atoms with Gasteiger partial charge in [0.2, 0.25) is 5.95 Å². The lowest BCUT2D eigenvalue weighted by molar-refractivity contribution is 0.533. The fraction of sp³-hybridized carbons (Fsp3) is 0.636. The summed E-state index contributed by atoms with van der Waals surface area (Å²) < 4.78 is 0. The summed E-state index contributed by atoms with van der Waals surface area (Å²) in [7, 11) is 0. The average molecular weight is 208 g/mol. The third-order valence-electron chi connectivity index (χ3n) is 2.31. The summed E-state index contributed by atoms with van der Waals surface area (Å²) >= 11 is 0. The van der Waals surface area contributed by atoms with Gasteiger partial charge in [0.1, 0.15) is 0 Å². The van der Waals surface area contributed by atoms with Crippen molar-refractivity contribution >= 4 is 5.95 Å². The smallest absolute Gasteiger partial charge is 0.222 e. The van der Waals surface area contributed by atoms with Gasteiger partial charge in [-0.05, 0) is 20.3 Å². The molecule has 0 aromatic carbocycles. The monoisotopic (exact) mass is 208 g/mol. The van der Waals surface area contributed by atoms with Gasteiger partial charge in [-0.15, -0.1) is 0 Å². The van der Waals surface area contributed by atoms with E-state index in [1.165, 1.54) is 0 Å². The molecule has 0 saturated heterocycles. The van der Waals surface area contributed by atoms with Crippen molar-refractivity contribution in [2.24, 2.45) is 0 Å².